The first-order valence-corrected chi connectivity index (χ1v) is 11.6. The number of hydrogen-bond donors (Lipinski definition) is 2. The van der Waals surface area contributed by atoms with E-state index >= 15 is 0 Å². The van der Waals surface area contributed by atoms with Gasteiger partial charge in [-0.2, -0.15) is 0 Å². The van der Waals surface area contributed by atoms with Crippen LogP contribution < -0.4 is 20.5 Å². The van der Waals surface area contributed by atoms with Gasteiger partial charge in [-0.05, 0) is 43.0 Å². The van der Waals surface area contributed by atoms with Crippen LogP contribution >= 0.6 is 15.9 Å². The molecule has 0 aliphatic carbocycles. The number of rotatable bonds is 7. The zero-order valence-electron chi connectivity index (χ0n) is 18.6. The van der Waals surface area contributed by atoms with Gasteiger partial charge in [0.2, 0.25) is 0 Å². The van der Waals surface area contributed by atoms with E-state index in [4.69, 9.17) is 19.9 Å². The van der Waals surface area contributed by atoms with Crippen LogP contribution in [-0.2, 0) is 4.74 Å². The fourth-order valence-electron chi connectivity index (χ4n) is 3.81. The number of hydrogen-bond acceptors (Lipinski definition) is 8. The quantitative estimate of drug-likeness (QED) is 0.429. The number of amides is 1. The molecule has 0 radical (unpaired) electrons. The molecule has 4 rings (SSSR count). The third-order valence-electron chi connectivity index (χ3n) is 5.66. The molecule has 0 atom stereocenters. The number of anilines is 2. The smallest absolute Gasteiger partial charge is 0.411 e. The molecule has 1 saturated heterocycles. The zero-order chi connectivity index (χ0) is 24.1. The van der Waals surface area contributed by atoms with Crippen LogP contribution in [-0.4, -0.2) is 54.5 Å². The highest BCUT2D eigenvalue weighted by molar-refractivity contribution is 9.10. The second-order valence-corrected chi connectivity index (χ2v) is 8.73. The monoisotopic (exact) mass is 533 g/mol. The molecule has 3 N–H and O–H groups in total. The van der Waals surface area contributed by atoms with E-state index in [1.807, 2.05) is 0 Å². The van der Waals surface area contributed by atoms with Gasteiger partial charge in [0.15, 0.2) is 11.5 Å². The Hall–Kier alpha value is -3.18. The number of likely N-dealkylation sites (tertiary alicyclic amines) is 1. The molecule has 1 amide bonds. The molecule has 34 heavy (non-hydrogen) atoms. The number of nitrogens with one attached hydrogen (secondary N) is 1. The van der Waals surface area contributed by atoms with Gasteiger partial charge < -0.3 is 24.4 Å². The van der Waals surface area contributed by atoms with E-state index in [1.54, 1.807) is 36.3 Å². The molecule has 1 fully saturated rings. The maximum Gasteiger partial charge on any atom is 0.411 e. The lowest BCUT2D eigenvalue weighted by atomic mass is 9.98. The molecule has 180 valence electrons. The number of ether oxygens (including phenoxy) is 3. The summed E-state index contributed by atoms with van der Waals surface area (Å²) < 4.78 is 31.4. The summed E-state index contributed by atoms with van der Waals surface area (Å²) in [5.41, 5.74) is 6.19. The average molecular weight is 534 g/mol. The topological polar surface area (TPSA) is 112 Å². The Balaban J connectivity index is 1.47. The lowest BCUT2D eigenvalue weighted by Crippen LogP contribution is -2.40. The maximum atomic E-state index is 14.3. The van der Waals surface area contributed by atoms with Gasteiger partial charge in [0.1, 0.15) is 24.7 Å². The van der Waals surface area contributed by atoms with Crippen molar-refractivity contribution in [1.29, 1.82) is 0 Å². The van der Waals surface area contributed by atoms with Crippen LogP contribution in [0.1, 0.15) is 12.8 Å². The average Bonchev–Trinajstić information content (AvgIpc) is 2.84. The summed E-state index contributed by atoms with van der Waals surface area (Å²) in [6, 6.07) is 8.31. The summed E-state index contributed by atoms with van der Waals surface area (Å²) in [7, 11) is 1.56. The van der Waals surface area contributed by atoms with Gasteiger partial charge in [-0.25, -0.2) is 19.2 Å². The van der Waals surface area contributed by atoms with Gasteiger partial charge in [0.25, 0.3) is 0 Å². The molecule has 1 aliphatic heterocycles. The number of piperidine rings is 1. The van der Waals surface area contributed by atoms with Crippen LogP contribution in [0.25, 0.3) is 10.9 Å². The largest absolute Gasteiger partial charge is 0.493 e. The summed E-state index contributed by atoms with van der Waals surface area (Å²) in [5.74, 6) is 1.40. The van der Waals surface area contributed by atoms with Crippen molar-refractivity contribution in [1.82, 2.24) is 14.9 Å². The van der Waals surface area contributed by atoms with Gasteiger partial charge >= 0.3 is 6.09 Å². The van der Waals surface area contributed by atoms with E-state index in [0.29, 0.717) is 58.1 Å². The first-order valence-electron chi connectivity index (χ1n) is 10.8. The highest BCUT2D eigenvalue weighted by Crippen LogP contribution is 2.36. The summed E-state index contributed by atoms with van der Waals surface area (Å²) in [6.45, 7) is 1.54. The molecule has 3 aromatic rings. The number of fused-ring (bicyclic) bond motifs is 1. The van der Waals surface area contributed by atoms with E-state index in [1.165, 1.54) is 12.4 Å². The second-order valence-electron chi connectivity index (χ2n) is 7.81. The minimum atomic E-state index is -0.407. The highest BCUT2D eigenvalue weighted by atomic mass is 79.9. The molecule has 0 bridgehead atoms. The van der Waals surface area contributed by atoms with Crippen molar-refractivity contribution in [2.24, 2.45) is 11.7 Å². The summed E-state index contributed by atoms with van der Waals surface area (Å²) in [6.07, 6.45) is 2.62. The number of methoxy groups -OCH3 is 1. The van der Waals surface area contributed by atoms with Crippen LogP contribution in [0, 0.1) is 11.7 Å². The van der Waals surface area contributed by atoms with Gasteiger partial charge in [-0.3, -0.25) is 5.73 Å². The summed E-state index contributed by atoms with van der Waals surface area (Å²) >= 11 is 3.26. The lowest BCUT2D eigenvalue weighted by Gasteiger charge is -2.31. The Bertz CT molecular complexity index is 1170. The van der Waals surface area contributed by atoms with Crippen molar-refractivity contribution < 1.29 is 23.4 Å². The van der Waals surface area contributed by atoms with Gasteiger partial charge in [-0.1, -0.05) is 15.9 Å². The Morgan fingerprint density at radius 3 is 2.74 bits per heavy atom. The van der Waals surface area contributed by atoms with Crippen LogP contribution in [0.3, 0.4) is 0 Å². The third kappa shape index (κ3) is 5.48. The Morgan fingerprint density at radius 2 is 2.03 bits per heavy atom. The number of nitrogens with zero attached hydrogens (tertiary/aromatic N) is 3. The lowest BCUT2D eigenvalue weighted by molar-refractivity contribution is 0.0824. The molecule has 11 heteroatoms. The SMILES string of the molecule is COc1cc2c(Nc3ccc(Br)cc3F)ncnc2cc1OCC1CCN(C(=O)OCN)CC1. The van der Waals surface area contributed by atoms with Gasteiger partial charge in [0.05, 0.1) is 24.9 Å². The predicted molar refractivity (Wildman–Crippen MR) is 129 cm³/mol. The molecule has 2 aromatic carbocycles. The van der Waals surface area contributed by atoms with Crippen molar-refractivity contribution in [3.63, 3.8) is 0 Å². The van der Waals surface area contributed by atoms with E-state index in [9.17, 15) is 9.18 Å². The number of nitrogens with two attached hydrogens (primary N) is 1. The van der Waals surface area contributed by atoms with Crippen LogP contribution in [0.2, 0.25) is 0 Å². The Morgan fingerprint density at radius 1 is 1.24 bits per heavy atom. The molecule has 2 heterocycles. The van der Waals surface area contributed by atoms with Crippen LogP contribution in [0.15, 0.2) is 41.1 Å². The maximum absolute atomic E-state index is 14.3. The van der Waals surface area contributed by atoms with Gasteiger partial charge in [0, 0.05) is 29.0 Å². The minimum Gasteiger partial charge on any atom is -0.493 e. The molecule has 0 spiro atoms. The number of carbonyl (C=O) groups excluding carboxylic acids is 1. The van der Waals surface area contributed by atoms with E-state index in [0.717, 1.165) is 12.8 Å². The summed E-state index contributed by atoms with van der Waals surface area (Å²) in [4.78, 5) is 22.1. The number of benzene rings is 2. The van der Waals surface area contributed by atoms with Crippen molar-refractivity contribution in [3.05, 3.63) is 46.9 Å². The predicted octanol–water partition coefficient (Wildman–Crippen LogP) is 4.43. The molecule has 1 aromatic heterocycles. The third-order valence-corrected chi connectivity index (χ3v) is 6.15. The molecule has 1 aliphatic rings. The fraction of sp³-hybridized carbons (Fsp3) is 0.348. The van der Waals surface area contributed by atoms with Crippen molar-refractivity contribution in [2.45, 2.75) is 12.8 Å². The molecule has 0 saturated carbocycles. The first kappa shape index (κ1) is 24.0. The van der Waals surface area contributed by atoms with E-state index < -0.39 is 5.82 Å². The van der Waals surface area contributed by atoms with Gasteiger partial charge in [-0.15, -0.1) is 0 Å². The Labute approximate surface area is 204 Å². The normalized spacial score (nSPS) is 14.2. The molecular formula is C23H25BrFN5O4. The zero-order valence-corrected chi connectivity index (χ0v) is 20.2. The fourth-order valence-corrected chi connectivity index (χ4v) is 4.14. The molecule has 0 unspecified atom stereocenters. The second kappa shape index (κ2) is 10.8. The standard InChI is InChI=1S/C23H25BrFN5O4/c1-32-20-9-16-19(27-13-28-22(16)29-18-3-2-15(24)8-17(18)25)10-21(20)33-11-14-4-6-30(7-5-14)23(31)34-12-26/h2-3,8-10,13-14H,4-7,11-12,26H2,1H3,(H,27,28,29). The number of aromatic nitrogens is 2. The van der Waals surface area contributed by atoms with Crippen molar-refractivity contribution in [2.75, 3.05) is 38.9 Å². The summed E-state index contributed by atoms with van der Waals surface area (Å²) in [5, 5.41) is 3.69. The van der Waals surface area contributed by atoms with Crippen molar-refractivity contribution in [3.8, 4) is 11.5 Å². The Kier molecular flexibility index (Phi) is 7.63. The highest BCUT2D eigenvalue weighted by Gasteiger charge is 2.24. The first-order chi connectivity index (χ1) is 16.5. The number of carbonyl (C=O) groups is 1. The molecular weight excluding hydrogens is 509 g/mol. The minimum absolute atomic E-state index is 0.123. The van der Waals surface area contributed by atoms with E-state index in [-0.39, 0.29) is 18.7 Å². The van der Waals surface area contributed by atoms with Crippen LogP contribution in [0.4, 0.5) is 20.7 Å². The van der Waals surface area contributed by atoms with Crippen LogP contribution in [0.5, 0.6) is 11.5 Å². The van der Waals surface area contributed by atoms with Crippen molar-refractivity contribution >= 4 is 44.4 Å². The molecule has 9 nitrogen and oxygen atoms in total. The van der Waals surface area contributed by atoms with E-state index in [2.05, 4.69) is 31.2 Å². The number of halogens is 2.